The van der Waals surface area contributed by atoms with Gasteiger partial charge in [0.25, 0.3) is 5.56 Å². The zero-order valence-corrected chi connectivity index (χ0v) is 11.6. The molecule has 0 saturated carbocycles. The largest absolute Gasteiger partial charge is 0.393 e. The Morgan fingerprint density at radius 2 is 2.21 bits per heavy atom. The second-order valence-electron chi connectivity index (χ2n) is 4.93. The molecule has 0 unspecified atom stereocenters. The number of aliphatic hydroxyl groups is 1. The molecule has 6 nitrogen and oxygen atoms in total. The van der Waals surface area contributed by atoms with Crippen LogP contribution in [-0.2, 0) is 6.54 Å². The minimum Gasteiger partial charge on any atom is -0.393 e. The van der Waals surface area contributed by atoms with E-state index in [0.717, 1.165) is 43.2 Å². The van der Waals surface area contributed by atoms with Crippen LogP contribution in [-0.4, -0.2) is 43.8 Å². The summed E-state index contributed by atoms with van der Waals surface area (Å²) < 4.78 is 1.37. The van der Waals surface area contributed by atoms with E-state index in [1.54, 1.807) is 0 Å². The first-order valence-corrected chi connectivity index (χ1v) is 7.20. The molecule has 1 aliphatic heterocycles. The molecule has 102 valence electrons. The molecule has 2 aromatic rings. The van der Waals surface area contributed by atoms with Crippen molar-refractivity contribution in [2.24, 2.45) is 0 Å². The van der Waals surface area contributed by atoms with Crippen molar-refractivity contribution in [2.75, 3.05) is 13.1 Å². The van der Waals surface area contributed by atoms with Gasteiger partial charge in [-0.15, -0.1) is 0 Å². The third kappa shape index (κ3) is 2.68. The van der Waals surface area contributed by atoms with Crippen molar-refractivity contribution in [1.82, 2.24) is 19.5 Å². The first-order valence-electron chi connectivity index (χ1n) is 6.38. The van der Waals surface area contributed by atoms with E-state index in [4.69, 9.17) is 0 Å². The van der Waals surface area contributed by atoms with Crippen molar-refractivity contribution in [1.29, 1.82) is 0 Å². The van der Waals surface area contributed by atoms with Gasteiger partial charge in [0.2, 0.25) is 4.96 Å². The monoisotopic (exact) mass is 280 g/mol. The van der Waals surface area contributed by atoms with Crippen LogP contribution in [0.3, 0.4) is 0 Å². The number of hydrogen-bond donors (Lipinski definition) is 1. The highest BCUT2D eigenvalue weighted by Gasteiger charge is 2.18. The Bertz CT molecular complexity index is 643. The van der Waals surface area contributed by atoms with E-state index in [9.17, 15) is 9.90 Å². The average molecular weight is 280 g/mol. The average Bonchev–Trinajstić information content (AvgIpc) is 2.75. The standard InChI is InChI=1S/C12H16N4O2S/c1-8-6-11(18)16-12(13-8)19-10(14-16)7-15-4-2-9(17)3-5-15/h6,9,17H,2-5,7H2,1H3. The molecular weight excluding hydrogens is 264 g/mol. The highest BCUT2D eigenvalue weighted by Crippen LogP contribution is 2.17. The fraction of sp³-hybridized carbons (Fsp3) is 0.583. The van der Waals surface area contributed by atoms with Gasteiger partial charge in [0, 0.05) is 24.8 Å². The molecule has 1 saturated heterocycles. The predicted molar refractivity (Wildman–Crippen MR) is 72.4 cm³/mol. The fourth-order valence-corrected chi connectivity index (χ4v) is 3.28. The molecule has 0 radical (unpaired) electrons. The van der Waals surface area contributed by atoms with E-state index in [2.05, 4.69) is 15.0 Å². The van der Waals surface area contributed by atoms with Crippen LogP contribution < -0.4 is 5.56 Å². The Kier molecular flexibility index (Phi) is 3.34. The zero-order valence-electron chi connectivity index (χ0n) is 10.7. The maximum atomic E-state index is 11.8. The van der Waals surface area contributed by atoms with Gasteiger partial charge in [-0.2, -0.15) is 9.61 Å². The van der Waals surface area contributed by atoms with Crippen molar-refractivity contribution in [3.8, 4) is 0 Å². The summed E-state index contributed by atoms with van der Waals surface area (Å²) in [5, 5.41) is 14.7. The zero-order chi connectivity index (χ0) is 13.4. The van der Waals surface area contributed by atoms with Crippen molar-refractivity contribution < 1.29 is 5.11 Å². The Morgan fingerprint density at radius 3 is 2.95 bits per heavy atom. The summed E-state index contributed by atoms with van der Waals surface area (Å²) in [6.45, 7) is 4.28. The lowest BCUT2D eigenvalue weighted by molar-refractivity contribution is 0.0791. The lowest BCUT2D eigenvalue weighted by Crippen LogP contribution is -2.35. The van der Waals surface area contributed by atoms with Crippen LogP contribution in [0.25, 0.3) is 4.96 Å². The molecule has 0 aliphatic carbocycles. The quantitative estimate of drug-likeness (QED) is 0.863. The van der Waals surface area contributed by atoms with Crippen molar-refractivity contribution in [2.45, 2.75) is 32.4 Å². The molecule has 7 heteroatoms. The van der Waals surface area contributed by atoms with E-state index in [0.29, 0.717) is 4.96 Å². The number of likely N-dealkylation sites (tertiary alicyclic amines) is 1. The van der Waals surface area contributed by atoms with Crippen LogP contribution in [0.15, 0.2) is 10.9 Å². The molecule has 19 heavy (non-hydrogen) atoms. The summed E-state index contributed by atoms with van der Waals surface area (Å²) in [6, 6.07) is 1.49. The Morgan fingerprint density at radius 1 is 1.47 bits per heavy atom. The smallest absolute Gasteiger partial charge is 0.275 e. The molecule has 0 atom stereocenters. The second kappa shape index (κ2) is 4.99. The lowest BCUT2D eigenvalue weighted by Gasteiger charge is -2.28. The molecule has 0 spiro atoms. The van der Waals surface area contributed by atoms with Crippen LogP contribution in [0.5, 0.6) is 0 Å². The first kappa shape index (κ1) is 12.7. The van der Waals surface area contributed by atoms with Gasteiger partial charge in [-0.25, -0.2) is 4.98 Å². The normalized spacial score (nSPS) is 18.2. The highest BCUT2D eigenvalue weighted by molar-refractivity contribution is 7.16. The van der Waals surface area contributed by atoms with Crippen LogP contribution in [0, 0.1) is 6.92 Å². The number of hydrogen-bond acceptors (Lipinski definition) is 6. The number of aryl methyl sites for hydroxylation is 1. The van der Waals surface area contributed by atoms with Crippen LogP contribution >= 0.6 is 11.3 Å². The molecule has 2 aromatic heterocycles. The number of aromatic nitrogens is 3. The molecule has 0 bridgehead atoms. The van der Waals surface area contributed by atoms with Crippen LogP contribution in [0.4, 0.5) is 0 Å². The third-order valence-electron chi connectivity index (χ3n) is 3.33. The molecular formula is C12H16N4O2S. The minimum absolute atomic E-state index is 0.126. The number of nitrogens with zero attached hydrogens (tertiary/aromatic N) is 4. The molecule has 3 rings (SSSR count). The summed E-state index contributed by atoms with van der Waals surface area (Å²) in [6.07, 6.45) is 1.45. The van der Waals surface area contributed by atoms with Crippen molar-refractivity contribution in [3.05, 3.63) is 27.1 Å². The maximum Gasteiger partial charge on any atom is 0.275 e. The fourth-order valence-electron chi connectivity index (χ4n) is 2.29. The molecule has 1 N–H and O–H groups in total. The first-order chi connectivity index (χ1) is 9.11. The minimum atomic E-state index is -0.168. The summed E-state index contributed by atoms with van der Waals surface area (Å²) >= 11 is 1.46. The van der Waals surface area contributed by atoms with Gasteiger partial charge < -0.3 is 5.11 Å². The van der Waals surface area contributed by atoms with E-state index in [1.807, 2.05) is 6.92 Å². The molecule has 1 aliphatic rings. The summed E-state index contributed by atoms with van der Waals surface area (Å²) in [5.41, 5.74) is 0.598. The predicted octanol–water partition coefficient (Wildman–Crippen LogP) is 0.416. The van der Waals surface area contributed by atoms with Gasteiger partial charge in [-0.1, -0.05) is 11.3 Å². The summed E-state index contributed by atoms with van der Waals surface area (Å²) in [7, 11) is 0. The lowest BCUT2D eigenvalue weighted by atomic mass is 10.1. The van der Waals surface area contributed by atoms with Gasteiger partial charge in [-0.3, -0.25) is 9.69 Å². The number of rotatable bonds is 2. The van der Waals surface area contributed by atoms with Gasteiger partial charge in [0.05, 0.1) is 12.6 Å². The van der Waals surface area contributed by atoms with Gasteiger partial charge in [-0.05, 0) is 19.8 Å². The van der Waals surface area contributed by atoms with Crippen LogP contribution in [0.1, 0.15) is 23.5 Å². The van der Waals surface area contributed by atoms with E-state index < -0.39 is 0 Å². The van der Waals surface area contributed by atoms with E-state index >= 15 is 0 Å². The van der Waals surface area contributed by atoms with Gasteiger partial charge in [0.1, 0.15) is 5.01 Å². The van der Waals surface area contributed by atoms with Gasteiger partial charge >= 0.3 is 0 Å². The molecule has 0 aromatic carbocycles. The number of fused-ring (bicyclic) bond motifs is 1. The van der Waals surface area contributed by atoms with Crippen LogP contribution in [0.2, 0.25) is 0 Å². The highest BCUT2D eigenvalue weighted by atomic mass is 32.1. The SMILES string of the molecule is Cc1cc(=O)n2nc(CN3CCC(O)CC3)sc2n1. The number of aliphatic hydroxyl groups excluding tert-OH is 1. The molecule has 0 amide bonds. The van der Waals surface area contributed by atoms with E-state index in [-0.39, 0.29) is 11.7 Å². The maximum absolute atomic E-state index is 11.8. The van der Waals surface area contributed by atoms with Crippen molar-refractivity contribution in [3.63, 3.8) is 0 Å². The van der Waals surface area contributed by atoms with Crippen molar-refractivity contribution >= 4 is 16.3 Å². The summed E-state index contributed by atoms with van der Waals surface area (Å²) in [5.74, 6) is 0. The topological polar surface area (TPSA) is 70.7 Å². The van der Waals surface area contributed by atoms with E-state index in [1.165, 1.54) is 21.9 Å². The Labute approximate surface area is 114 Å². The second-order valence-corrected chi connectivity index (χ2v) is 5.97. The molecule has 1 fully saturated rings. The summed E-state index contributed by atoms with van der Waals surface area (Å²) in [4.78, 5) is 19.0. The van der Waals surface area contributed by atoms with Gasteiger partial charge in [0.15, 0.2) is 0 Å². The molecule has 3 heterocycles. The Hall–Kier alpha value is -1.31. The third-order valence-corrected chi connectivity index (χ3v) is 4.22. The number of piperidine rings is 1. The Balaban J connectivity index is 1.82.